The summed E-state index contributed by atoms with van der Waals surface area (Å²) >= 11 is 15.1. The molecule has 2 aromatic rings. The molecule has 0 aliphatic heterocycles. The second-order valence-corrected chi connectivity index (χ2v) is 5.60. The van der Waals surface area contributed by atoms with Gasteiger partial charge in [0.15, 0.2) is 0 Å². The van der Waals surface area contributed by atoms with Crippen molar-refractivity contribution in [1.82, 2.24) is 0 Å². The van der Waals surface area contributed by atoms with Crippen LogP contribution in [0.2, 0.25) is 10.0 Å². The summed E-state index contributed by atoms with van der Waals surface area (Å²) in [5, 5.41) is 3.58. The molecule has 3 nitrogen and oxygen atoms in total. The van der Waals surface area contributed by atoms with Crippen molar-refractivity contribution < 1.29 is 9.53 Å². The minimum Gasteiger partial charge on any atom is -0.496 e. The fourth-order valence-corrected chi connectivity index (χ4v) is 2.42. The molecule has 0 saturated carbocycles. The zero-order valence-corrected chi connectivity index (χ0v) is 13.5. The molecule has 0 spiro atoms. The number of methoxy groups -OCH3 is 1. The Balaban J connectivity index is 2.19. The largest absolute Gasteiger partial charge is 0.496 e. The molecule has 1 amide bonds. The second kappa shape index (κ2) is 6.48. The zero-order valence-electron chi connectivity index (χ0n) is 10.4. The van der Waals surface area contributed by atoms with Crippen molar-refractivity contribution in [2.75, 3.05) is 12.4 Å². The van der Waals surface area contributed by atoms with Gasteiger partial charge in [-0.05, 0) is 52.3 Å². The minimum absolute atomic E-state index is 0.244. The van der Waals surface area contributed by atoms with Crippen LogP contribution >= 0.6 is 39.1 Å². The third kappa shape index (κ3) is 3.45. The highest BCUT2D eigenvalue weighted by Gasteiger charge is 2.10. The third-order valence-electron chi connectivity index (χ3n) is 2.59. The summed E-state index contributed by atoms with van der Waals surface area (Å²) in [7, 11) is 1.57. The molecule has 0 bridgehead atoms. The second-order valence-electron chi connectivity index (χ2n) is 3.93. The molecule has 2 aromatic carbocycles. The molecule has 0 radical (unpaired) electrons. The molecule has 1 N–H and O–H groups in total. The number of nitrogens with one attached hydrogen (secondary N) is 1. The van der Waals surface area contributed by atoms with E-state index in [0.29, 0.717) is 31.5 Å². The molecule has 0 atom stereocenters. The Morgan fingerprint density at radius 1 is 1.15 bits per heavy atom. The van der Waals surface area contributed by atoms with E-state index in [2.05, 4.69) is 21.2 Å². The lowest BCUT2D eigenvalue weighted by atomic mass is 10.2. The topological polar surface area (TPSA) is 38.3 Å². The number of amides is 1. The van der Waals surface area contributed by atoms with Crippen LogP contribution in [0.15, 0.2) is 40.9 Å². The smallest absolute Gasteiger partial charge is 0.255 e. The van der Waals surface area contributed by atoms with Crippen LogP contribution in [0, 0.1) is 0 Å². The SMILES string of the molecule is COc1ccc(C(=O)Nc2ccc(Cl)c(Cl)c2)cc1Br. The minimum atomic E-state index is -0.244. The highest BCUT2D eigenvalue weighted by molar-refractivity contribution is 9.10. The lowest BCUT2D eigenvalue weighted by Crippen LogP contribution is -2.11. The molecule has 0 aromatic heterocycles. The van der Waals surface area contributed by atoms with Gasteiger partial charge in [0, 0.05) is 11.3 Å². The molecule has 20 heavy (non-hydrogen) atoms. The van der Waals surface area contributed by atoms with Crippen LogP contribution < -0.4 is 10.1 Å². The van der Waals surface area contributed by atoms with Gasteiger partial charge < -0.3 is 10.1 Å². The molecule has 0 saturated heterocycles. The Hall–Kier alpha value is -1.23. The predicted molar refractivity (Wildman–Crippen MR) is 85.1 cm³/mol. The van der Waals surface area contributed by atoms with Gasteiger partial charge >= 0.3 is 0 Å². The monoisotopic (exact) mass is 373 g/mol. The van der Waals surface area contributed by atoms with Crippen LogP contribution in [0.3, 0.4) is 0 Å². The van der Waals surface area contributed by atoms with E-state index < -0.39 is 0 Å². The van der Waals surface area contributed by atoms with Crippen molar-refractivity contribution >= 4 is 50.7 Å². The van der Waals surface area contributed by atoms with Crippen LogP contribution in [0.25, 0.3) is 0 Å². The van der Waals surface area contributed by atoms with Gasteiger partial charge in [-0.25, -0.2) is 0 Å². The van der Waals surface area contributed by atoms with Crippen molar-refractivity contribution in [3.05, 3.63) is 56.5 Å². The number of carbonyl (C=O) groups excluding carboxylic acids is 1. The van der Waals surface area contributed by atoms with Gasteiger partial charge in [0.1, 0.15) is 5.75 Å². The summed E-state index contributed by atoms with van der Waals surface area (Å²) in [4.78, 5) is 12.1. The molecule has 0 fully saturated rings. The van der Waals surface area contributed by atoms with E-state index in [1.807, 2.05) is 0 Å². The molecular formula is C14H10BrCl2NO2. The van der Waals surface area contributed by atoms with Gasteiger partial charge in [-0.15, -0.1) is 0 Å². The van der Waals surface area contributed by atoms with Crippen LogP contribution in [0.1, 0.15) is 10.4 Å². The molecule has 0 aliphatic carbocycles. The summed E-state index contributed by atoms with van der Waals surface area (Å²) in [6.07, 6.45) is 0. The number of ether oxygens (including phenoxy) is 1. The van der Waals surface area contributed by atoms with Crippen LogP contribution in [0.5, 0.6) is 5.75 Å². The van der Waals surface area contributed by atoms with Gasteiger partial charge in [-0.2, -0.15) is 0 Å². The molecular weight excluding hydrogens is 365 g/mol. The lowest BCUT2D eigenvalue weighted by molar-refractivity contribution is 0.102. The summed E-state index contributed by atoms with van der Waals surface area (Å²) in [6.45, 7) is 0. The Morgan fingerprint density at radius 3 is 2.50 bits per heavy atom. The van der Waals surface area contributed by atoms with Crippen LogP contribution in [-0.4, -0.2) is 13.0 Å². The summed E-state index contributed by atoms with van der Waals surface area (Å²) in [5.74, 6) is 0.419. The first-order chi connectivity index (χ1) is 9.51. The van der Waals surface area contributed by atoms with E-state index in [4.69, 9.17) is 27.9 Å². The van der Waals surface area contributed by atoms with E-state index >= 15 is 0 Å². The van der Waals surface area contributed by atoms with Crippen molar-refractivity contribution in [2.24, 2.45) is 0 Å². The standard InChI is InChI=1S/C14H10BrCl2NO2/c1-20-13-5-2-8(6-10(13)15)14(19)18-9-3-4-11(16)12(17)7-9/h2-7H,1H3,(H,18,19). The third-order valence-corrected chi connectivity index (χ3v) is 3.95. The number of benzene rings is 2. The first-order valence-electron chi connectivity index (χ1n) is 5.61. The van der Waals surface area contributed by atoms with E-state index in [9.17, 15) is 4.79 Å². The Bertz CT molecular complexity index is 662. The molecule has 0 aliphatic rings. The van der Waals surface area contributed by atoms with E-state index in [1.54, 1.807) is 43.5 Å². The maximum Gasteiger partial charge on any atom is 0.255 e. The molecule has 2 rings (SSSR count). The fourth-order valence-electron chi connectivity index (χ4n) is 1.58. The van der Waals surface area contributed by atoms with Gasteiger partial charge in [-0.3, -0.25) is 4.79 Å². The van der Waals surface area contributed by atoms with Gasteiger partial charge in [-0.1, -0.05) is 23.2 Å². The number of hydrogen-bond donors (Lipinski definition) is 1. The van der Waals surface area contributed by atoms with Crippen LogP contribution in [0.4, 0.5) is 5.69 Å². The quantitative estimate of drug-likeness (QED) is 0.819. The fraction of sp³-hybridized carbons (Fsp3) is 0.0714. The van der Waals surface area contributed by atoms with Crippen molar-refractivity contribution in [2.45, 2.75) is 0 Å². The van der Waals surface area contributed by atoms with E-state index in [0.717, 1.165) is 0 Å². The van der Waals surface area contributed by atoms with Gasteiger partial charge in [0.05, 0.1) is 21.6 Å². The number of carbonyl (C=O) groups is 1. The van der Waals surface area contributed by atoms with Crippen molar-refractivity contribution in [3.8, 4) is 5.75 Å². The zero-order chi connectivity index (χ0) is 14.7. The first-order valence-corrected chi connectivity index (χ1v) is 7.16. The molecule has 104 valence electrons. The Morgan fingerprint density at radius 2 is 1.90 bits per heavy atom. The highest BCUT2D eigenvalue weighted by Crippen LogP contribution is 2.27. The number of anilines is 1. The summed E-state index contributed by atoms with van der Waals surface area (Å²) < 4.78 is 5.83. The normalized spacial score (nSPS) is 10.2. The average Bonchev–Trinajstić information content (AvgIpc) is 2.42. The number of halogens is 3. The Kier molecular flexibility index (Phi) is 4.91. The van der Waals surface area contributed by atoms with Gasteiger partial charge in [0.2, 0.25) is 0 Å². The van der Waals surface area contributed by atoms with E-state index in [1.165, 1.54) is 0 Å². The maximum absolute atomic E-state index is 12.1. The average molecular weight is 375 g/mol. The maximum atomic E-state index is 12.1. The first kappa shape index (κ1) is 15.2. The van der Waals surface area contributed by atoms with Crippen molar-refractivity contribution in [3.63, 3.8) is 0 Å². The molecule has 0 heterocycles. The number of hydrogen-bond acceptors (Lipinski definition) is 2. The Labute approximate surface area is 135 Å². The van der Waals surface area contributed by atoms with E-state index in [-0.39, 0.29) is 5.91 Å². The van der Waals surface area contributed by atoms with Crippen LogP contribution in [-0.2, 0) is 0 Å². The summed E-state index contributed by atoms with van der Waals surface area (Å²) in [5.41, 5.74) is 1.08. The van der Waals surface area contributed by atoms with Crippen molar-refractivity contribution in [1.29, 1.82) is 0 Å². The van der Waals surface area contributed by atoms with Gasteiger partial charge in [0.25, 0.3) is 5.91 Å². The lowest BCUT2D eigenvalue weighted by Gasteiger charge is -2.08. The molecule has 6 heteroatoms. The highest BCUT2D eigenvalue weighted by atomic mass is 79.9. The predicted octanol–water partition coefficient (Wildman–Crippen LogP) is 5.02. The number of rotatable bonds is 3. The molecule has 0 unspecified atom stereocenters. The summed E-state index contributed by atoms with van der Waals surface area (Å²) in [6, 6.07) is 9.99.